The van der Waals surface area contributed by atoms with Gasteiger partial charge in [-0.25, -0.2) is 4.98 Å². The maximum Gasteiger partial charge on any atom is 0.272 e. The van der Waals surface area contributed by atoms with Gasteiger partial charge in [-0.2, -0.15) is 0 Å². The number of carbonyl (C=O) groups is 1. The summed E-state index contributed by atoms with van der Waals surface area (Å²) in [7, 11) is 0. The van der Waals surface area contributed by atoms with Gasteiger partial charge in [-0.3, -0.25) is 20.2 Å². The molecule has 0 aliphatic heterocycles. The van der Waals surface area contributed by atoms with Crippen molar-refractivity contribution >= 4 is 28.1 Å². The third-order valence-corrected chi connectivity index (χ3v) is 4.94. The fourth-order valence-electron chi connectivity index (χ4n) is 2.54. The topological polar surface area (TPSA) is 85.1 Å². The van der Waals surface area contributed by atoms with Crippen molar-refractivity contribution in [3.63, 3.8) is 0 Å². The smallest absolute Gasteiger partial charge is 0.272 e. The molecule has 0 bridgehead atoms. The van der Waals surface area contributed by atoms with Crippen molar-refractivity contribution in [2.45, 2.75) is 20.8 Å². The van der Waals surface area contributed by atoms with Gasteiger partial charge >= 0.3 is 0 Å². The molecule has 0 fully saturated rings. The van der Waals surface area contributed by atoms with E-state index in [4.69, 9.17) is 0 Å². The van der Waals surface area contributed by atoms with Gasteiger partial charge in [0.1, 0.15) is 0 Å². The Morgan fingerprint density at radius 1 is 1.08 bits per heavy atom. The van der Waals surface area contributed by atoms with Crippen LogP contribution in [0.2, 0.25) is 0 Å². The van der Waals surface area contributed by atoms with Gasteiger partial charge in [0.25, 0.3) is 11.6 Å². The lowest BCUT2D eigenvalue weighted by atomic mass is 10.1. The van der Waals surface area contributed by atoms with Gasteiger partial charge in [0.05, 0.1) is 10.6 Å². The van der Waals surface area contributed by atoms with Crippen LogP contribution in [-0.2, 0) is 0 Å². The molecule has 0 aliphatic rings. The quantitative estimate of drug-likeness (QED) is 0.525. The fourth-order valence-corrected chi connectivity index (χ4v) is 3.25. The zero-order valence-electron chi connectivity index (χ0n) is 14.6. The number of nitrogens with one attached hydrogen (secondary N) is 1. The Labute approximate surface area is 154 Å². The van der Waals surface area contributed by atoms with Crippen molar-refractivity contribution in [2.75, 3.05) is 5.32 Å². The largest absolute Gasteiger partial charge is 0.298 e. The third kappa shape index (κ3) is 3.62. The van der Waals surface area contributed by atoms with Crippen molar-refractivity contribution in [3.05, 3.63) is 74.1 Å². The molecular weight excluding hydrogens is 350 g/mol. The second-order valence-corrected chi connectivity index (χ2v) is 6.91. The summed E-state index contributed by atoms with van der Waals surface area (Å²) in [6.45, 7) is 5.71. The first-order chi connectivity index (χ1) is 12.3. The molecule has 0 radical (unpaired) electrons. The van der Waals surface area contributed by atoms with Crippen molar-refractivity contribution in [1.29, 1.82) is 0 Å². The number of rotatable bonds is 4. The maximum atomic E-state index is 12.4. The van der Waals surface area contributed by atoms with Crippen LogP contribution in [0.15, 0.2) is 41.8 Å². The maximum absolute atomic E-state index is 12.4. The molecule has 26 heavy (non-hydrogen) atoms. The zero-order valence-corrected chi connectivity index (χ0v) is 15.4. The van der Waals surface area contributed by atoms with Crippen LogP contribution in [0.1, 0.15) is 27.0 Å². The van der Waals surface area contributed by atoms with E-state index in [-0.39, 0.29) is 11.6 Å². The lowest BCUT2D eigenvalue weighted by Crippen LogP contribution is -2.12. The Morgan fingerprint density at radius 3 is 2.50 bits per heavy atom. The fraction of sp³-hybridized carbons (Fsp3) is 0.158. The molecule has 7 heteroatoms. The van der Waals surface area contributed by atoms with Crippen LogP contribution in [0.3, 0.4) is 0 Å². The monoisotopic (exact) mass is 367 g/mol. The number of amides is 1. The number of nitrogens with zero attached hydrogens (tertiary/aromatic N) is 2. The number of hydrogen-bond donors (Lipinski definition) is 1. The predicted molar refractivity (Wildman–Crippen MR) is 103 cm³/mol. The molecule has 1 aromatic heterocycles. The third-order valence-electron chi connectivity index (χ3n) is 4.18. The molecule has 3 aromatic rings. The summed E-state index contributed by atoms with van der Waals surface area (Å²) >= 11 is 1.34. The summed E-state index contributed by atoms with van der Waals surface area (Å²) in [5, 5.41) is 16.0. The number of aryl methyl sites for hydroxylation is 3. The van der Waals surface area contributed by atoms with Crippen LogP contribution in [0.25, 0.3) is 11.3 Å². The number of nitro benzene ring substituents is 1. The van der Waals surface area contributed by atoms with Gasteiger partial charge in [0.2, 0.25) is 0 Å². The van der Waals surface area contributed by atoms with Crippen LogP contribution in [0.5, 0.6) is 0 Å². The van der Waals surface area contributed by atoms with E-state index in [2.05, 4.69) is 23.3 Å². The summed E-state index contributed by atoms with van der Waals surface area (Å²) in [5.41, 5.74) is 4.99. The molecule has 0 atom stereocenters. The number of nitro groups is 1. The Kier molecular flexibility index (Phi) is 4.81. The SMILES string of the molecule is Cc1ccc(-c2csc(NC(=O)c3ccc([N+](=O)[O-])c(C)c3)n2)cc1C. The standard InChI is InChI=1S/C19H17N3O3S/c1-11-4-5-14(8-12(11)2)16-10-26-19(20-16)21-18(23)15-6-7-17(22(24)25)13(3)9-15/h4-10H,1-3H3,(H,20,21,23). The number of thiazole rings is 1. The molecular formula is C19H17N3O3S. The highest BCUT2D eigenvalue weighted by molar-refractivity contribution is 7.14. The number of aromatic nitrogens is 1. The zero-order chi connectivity index (χ0) is 18.8. The molecule has 1 heterocycles. The highest BCUT2D eigenvalue weighted by Gasteiger charge is 2.15. The molecule has 0 saturated carbocycles. The van der Waals surface area contributed by atoms with Crippen molar-refractivity contribution < 1.29 is 9.72 Å². The summed E-state index contributed by atoms with van der Waals surface area (Å²) in [6.07, 6.45) is 0. The van der Waals surface area contributed by atoms with Crippen LogP contribution in [0.4, 0.5) is 10.8 Å². The highest BCUT2D eigenvalue weighted by Crippen LogP contribution is 2.27. The Hall–Kier alpha value is -3.06. The second kappa shape index (κ2) is 7.05. The number of anilines is 1. The Morgan fingerprint density at radius 2 is 1.85 bits per heavy atom. The van der Waals surface area contributed by atoms with Gasteiger partial charge in [0, 0.05) is 28.1 Å². The Balaban J connectivity index is 1.78. The molecule has 0 aliphatic carbocycles. The molecule has 2 aromatic carbocycles. The number of hydrogen-bond acceptors (Lipinski definition) is 5. The van der Waals surface area contributed by atoms with E-state index >= 15 is 0 Å². The lowest BCUT2D eigenvalue weighted by molar-refractivity contribution is -0.385. The van der Waals surface area contributed by atoms with E-state index in [0.717, 1.165) is 11.3 Å². The van der Waals surface area contributed by atoms with Crippen molar-refractivity contribution in [3.8, 4) is 11.3 Å². The van der Waals surface area contributed by atoms with Gasteiger partial charge < -0.3 is 0 Å². The summed E-state index contributed by atoms with van der Waals surface area (Å²) < 4.78 is 0. The minimum Gasteiger partial charge on any atom is -0.298 e. The molecule has 132 valence electrons. The van der Waals surface area contributed by atoms with E-state index in [1.54, 1.807) is 6.92 Å². The van der Waals surface area contributed by atoms with Gasteiger partial charge in [-0.15, -0.1) is 11.3 Å². The molecule has 0 spiro atoms. The van der Waals surface area contributed by atoms with Crippen LogP contribution in [0, 0.1) is 30.9 Å². The van der Waals surface area contributed by atoms with E-state index in [9.17, 15) is 14.9 Å². The summed E-state index contributed by atoms with van der Waals surface area (Å²) in [5.74, 6) is -0.344. The second-order valence-electron chi connectivity index (χ2n) is 6.05. The minimum atomic E-state index is -0.465. The van der Waals surface area contributed by atoms with Gasteiger partial charge in [0.15, 0.2) is 5.13 Å². The first-order valence-electron chi connectivity index (χ1n) is 7.94. The van der Waals surface area contributed by atoms with Crippen LogP contribution >= 0.6 is 11.3 Å². The van der Waals surface area contributed by atoms with Crippen molar-refractivity contribution in [1.82, 2.24) is 4.98 Å². The highest BCUT2D eigenvalue weighted by atomic mass is 32.1. The molecule has 1 N–H and O–H groups in total. The molecule has 1 amide bonds. The minimum absolute atomic E-state index is 0.00664. The average molecular weight is 367 g/mol. The van der Waals surface area contributed by atoms with Crippen molar-refractivity contribution in [2.24, 2.45) is 0 Å². The van der Waals surface area contributed by atoms with Crippen LogP contribution < -0.4 is 5.32 Å². The average Bonchev–Trinajstić information content (AvgIpc) is 3.05. The summed E-state index contributed by atoms with van der Waals surface area (Å²) in [6, 6.07) is 10.4. The Bertz CT molecular complexity index is 1010. The van der Waals surface area contributed by atoms with E-state index in [1.165, 1.54) is 40.7 Å². The lowest BCUT2D eigenvalue weighted by Gasteiger charge is -2.04. The molecule has 6 nitrogen and oxygen atoms in total. The normalized spacial score (nSPS) is 10.6. The van der Waals surface area contributed by atoms with Crippen LogP contribution in [-0.4, -0.2) is 15.8 Å². The van der Waals surface area contributed by atoms with E-state index < -0.39 is 4.92 Å². The van der Waals surface area contributed by atoms with E-state index in [0.29, 0.717) is 16.3 Å². The number of carbonyl (C=O) groups excluding carboxylic acids is 1. The number of benzene rings is 2. The molecule has 0 saturated heterocycles. The van der Waals surface area contributed by atoms with Gasteiger partial charge in [-0.05, 0) is 50.1 Å². The first-order valence-corrected chi connectivity index (χ1v) is 8.82. The predicted octanol–water partition coefficient (Wildman–Crippen LogP) is 4.90. The first kappa shape index (κ1) is 17.8. The van der Waals surface area contributed by atoms with E-state index in [1.807, 2.05) is 24.4 Å². The summed E-state index contributed by atoms with van der Waals surface area (Å²) in [4.78, 5) is 27.2. The molecule has 0 unspecified atom stereocenters. The van der Waals surface area contributed by atoms with Gasteiger partial charge in [-0.1, -0.05) is 12.1 Å². The molecule has 3 rings (SSSR count).